The molecular formula is C23H24N2O5S. The summed E-state index contributed by atoms with van der Waals surface area (Å²) in [6, 6.07) is 14.8. The fraction of sp³-hybridized carbons (Fsp3) is 0.261. The first-order chi connectivity index (χ1) is 15.0. The number of hydrogen-bond acceptors (Lipinski definition) is 7. The Morgan fingerprint density at radius 1 is 1.13 bits per heavy atom. The summed E-state index contributed by atoms with van der Waals surface area (Å²) in [7, 11) is 1.52. The Hall–Kier alpha value is -3.26. The number of benzene rings is 2. The van der Waals surface area contributed by atoms with Crippen LogP contribution >= 0.6 is 11.8 Å². The standard InChI is InChI=1S/C23H24N2O5S/c1-4-25-22(27)20(31-23(25)24-17-9-7-6-8-10-17)14-16-11-12-18(19(13-16)28-3)30-15-21(26)29-5-2/h6-14H,4-5,15H2,1-3H3. The average Bonchev–Trinajstić information content (AvgIpc) is 3.07. The van der Waals surface area contributed by atoms with Crippen LogP contribution < -0.4 is 9.47 Å². The molecule has 0 spiro atoms. The molecule has 162 valence electrons. The molecule has 1 heterocycles. The molecule has 8 heteroatoms. The topological polar surface area (TPSA) is 77.4 Å². The molecule has 0 bridgehead atoms. The first-order valence-corrected chi connectivity index (χ1v) is 10.7. The molecule has 0 unspecified atom stereocenters. The third kappa shape index (κ3) is 5.67. The second-order valence-corrected chi connectivity index (χ2v) is 7.40. The molecule has 1 saturated heterocycles. The zero-order chi connectivity index (χ0) is 22.2. The van der Waals surface area contributed by atoms with Crippen LogP contribution in [0.15, 0.2) is 58.4 Å². The van der Waals surface area contributed by atoms with Crippen LogP contribution in [0.2, 0.25) is 0 Å². The molecule has 3 rings (SSSR count). The van der Waals surface area contributed by atoms with Gasteiger partial charge in [0.25, 0.3) is 5.91 Å². The monoisotopic (exact) mass is 440 g/mol. The van der Waals surface area contributed by atoms with Crippen molar-refractivity contribution in [3.8, 4) is 11.5 Å². The molecule has 0 saturated carbocycles. The third-order valence-corrected chi connectivity index (χ3v) is 5.33. The van der Waals surface area contributed by atoms with Gasteiger partial charge in [0.2, 0.25) is 0 Å². The van der Waals surface area contributed by atoms with Crippen molar-refractivity contribution < 1.29 is 23.8 Å². The van der Waals surface area contributed by atoms with E-state index in [4.69, 9.17) is 14.2 Å². The van der Waals surface area contributed by atoms with Gasteiger partial charge in [-0.15, -0.1) is 0 Å². The Bertz CT molecular complexity index is 1000. The van der Waals surface area contributed by atoms with E-state index in [2.05, 4.69) is 4.99 Å². The van der Waals surface area contributed by atoms with Gasteiger partial charge in [-0.3, -0.25) is 9.69 Å². The van der Waals surface area contributed by atoms with E-state index in [1.807, 2.05) is 37.3 Å². The Kier molecular flexibility index (Phi) is 7.72. The van der Waals surface area contributed by atoms with Crippen LogP contribution in [0.3, 0.4) is 0 Å². The lowest BCUT2D eigenvalue weighted by atomic mass is 10.2. The van der Waals surface area contributed by atoms with Gasteiger partial charge in [0.1, 0.15) is 0 Å². The molecule has 0 aliphatic carbocycles. The van der Waals surface area contributed by atoms with Crippen molar-refractivity contribution in [1.82, 2.24) is 4.90 Å². The minimum absolute atomic E-state index is 0.0937. The maximum Gasteiger partial charge on any atom is 0.344 e. The van der Waals surface area contributed by atoms with Crippen LogP contribution in [0.4, 0.5) is 5.69 Å². The third-order valence-electron chi connectivity index (χ3n) is 4.32. The Morgan fingerprint density at radius 2 is 1.90 bits per heavy atom. The number of amidine groups is 1. The van der Waals surface area contributed by atoms with Crippen LogP contribution in [0.1, 0.15) is 19.4 Å². The van der Waals surface area contributed by atoms with Gasteiger partial charge in [-0.25, -0.2) is 9.79 Å². The second kappa shape index (κ2) is 10.7. The Morgan fingerprint density at radius 3 is 2.58 bits per heavy atom. The number of nitrogens with zero attached hydrogens (tertiary/aromatic N) is 2. The van der Waals surface area contributed by atoms with Gasteiger partial charge in [-0.05, 0) is 61.5 Å². The number of thioether (sulfide) groups is 1. The summed E-state index contributed by atoms with van der Waals surface area (Å²) in [6.07, 6.45) is 1.79. The van der Waals surface area contributed by atoms with Crippen molar-refractivity contribution in [3.63, 3.8) is 0 Å². The second-order valence-electron chi connectivity index (χ2n) is 6.39. The van der Waals surface area contributed by atoms with Gasteiger partial charge in [0, 0.05) is 6.54 Å². The lowest BCUT2D eigenvalue weighted by Gasteiger charge is -2.12. The lowest BCUT2D eigenvalue weighted by Crippen LogP contribution is -2.28. The number of carbonyl (C=O) groups excluding carboxylic acids is 2. The van der Waals surface area contributed by atoms with E-state index in [1.54, 1.807) is 36.1 Å². The number of likely N-dealkylation sites (N-methyl/N-ethyl adjacent to an activating group) is 1. The minimum Gasteiger partial charge on any atom is -0.493 e. The molecule has 0 atom stereocenters. The largest absolute Gasteiger partial charge is 0.493 e. The molecule has 1 fully saturated rings. The highest BCUT2D eigenvalue weighted by Crippen LogP contribution is 2.35. The van der Waals surface area contributed by atoms with Crippen molar-refractivity contribution in [2.24, 2.45) is 4.99 Å². The molecule has 0 radical (unpaired) electrons. The first-order valence-electron chi connectivity index (χ1n) is 9.87. The maximum atomic E-state index is 12.9. The zero-order valence-electron chi connectivity index (χ0n) is 17.7. The Labute approximate surface area is 185 Å². The van der Waals surface area contributed by atoms with Gasteiger partial charge in [-0.2, -0.15) is 0 Å². The van der Waals surface area contributed by atoms with Gasteiger partial charge in [0.15, 0.2) is 23.3 Å². The fourth-order valence-corrected chi connectivity index (χ4v) is 3.93. The lowest BCUT2D eigenvalue weighted by molar-refractivity contribution is -0.145. The number of rotatable bonds is 8. The number of aliphatic imine (C=N–C) groups is 1. The molecule has 31 heavy (non-hydrogen) atoms. The summed E-state index contributed by atoms with van der Waals surface area (Å²) in [5.41, 5.74) is 1.57. The van der Waals surface area contributed by atoms with E-state index in [1.165, 1.54) is 18.9 Å². The van der Waals surface area contributed by atoms with Gasteiger partial charge < -0.3 is 14.2 Å². The van der Waals surface area contributed by atoms with E-state index < -0.39 is 5.97 Å². The predicted octanol–water partition coefficient (Wildman–Crippen LogP) is 4.26. The van der Waals surface area contributed by atoms with Gasteiger partial charge in [0.05, 0.1) is 24.3 Å². The van der Waals surface area contributed by atoms with Crippen LogP contribution in [-0.4, -0.2) is 48.8 Å². The molecule has 1 aliphatic rings. The number of esters is 1. The van der Waals surface area contributed by atoms with Crippen LogP contribution in [0.5, 0.6) is 11.5 Å². The molecule has 7 nitrogen and oxygen atoms in total. The summed E-state index contributed by atoms with van der Waals surface area (Å²) >= 11 is 1.33. The summed E-state index contributed by atoms with van der Waals surface area (Å²) in [4.78, 5) is 31.2. The summed E-state index contributed by atoms with van der Waals surface area (Å²) < 4.78 is 15.7. The van der Waals surface area contributed by atoms with E-state index >= 15 is 0 Å². The van der Waals surface area contributed by atoms with Crippen molar-refractivity contribution in [2.75, 3.05) is 26.9 Å². The van der Waals surface area contributed by atoms with E-state index in [0.717, 1.165) is 11.3 Å². The molecule has 0 N–H and O–H groups in total. The van der Waals surface area contributed by atoms with Crippen molar-refractivity contribution >= 4 is 40.6 Å². The quantitative estimate of drug-likeness (QED) is 0.451. The fourth-order valence-electron chi connectivity index (χ4n) is 2.87. The summed E-state index contributed by atoms with van der Waals surface area (Å²) in [5, 5.41) is 0.645. The highest BCUT2D eigenvalue weighted by Gasteiger charge is 2.32. The minimum atomic E-state index is -0.450. The first kappa shape index (κ1) is 22.4. The Balaban J connectivity index is 1.81. The highest BCUT2D eigenvalue weighted by molar-refractivity contribution is 8.18. The van der Waals surface area contributed by atoms with E-state index in [0.29, 0.717) is 34.7 Å². The molecule has 0 aromatic heterocycles. The van der Waals surface area contributed by atoms with E-state index in [-0.39, 0.29) is 12.5 Å². The smallest absolute Gasteiger partial charge is 0.344 e. The molecule has 2 aromatic carbocycles. The number of methoxy groups -OCH3 is 1. The van der Waals surface area contributed by atoms with Crippen molar-refractivity contribution in [3.05, 3.63) is 59.0 Å². The molecular weight excluding hydrogens is 416 g/mol. The average molecular weight is 441 g/mol. The molecule has 2 aromatic rings. The SMILES string of the molecule is CCOC(=O)COc1ccc(C=C2SC(=Nc3ccccc3)N(CC)C2=O)cc1OC. The van der Waals surface area contributed by atoms with Crippen LogP contribution in [-0.2, 0) is 14.3 Å². The predicted molar refractivity (Wildman–Crippen MR) is 122 cm³/mol. The summed E-state index contributed by atoms with van der Waals surface area (Å²) in [6.45, 7) is 4.27. The van der Waals surface area contributed by atoms with Crippen molar-refractivity contribution in [2.45, 2.75) is 13.8 Å². The maximum absolute atomic E-state index is 12.9. The number of hydrogen-bond donors (Lipinski definition) is 0. The highest BCUT2D eigenvalue weighted by atomic mass is 32.2. The van der Waals surface area contributed by atoms with Gasteiger partial charge >= 0.3 is 5.97 Å². The summed E-state index contributed by atoms with van der Waals surface area (Å²) in [5.74, 6) is 0.335. The molecule has 1 aliphatic heterocycles. The van der Waals surface area contributed by atoms with Crippen molar-refractivity contribution in [1.29, 1.82) is 0 Å². The van der Waals surface area contributed by atoms with Crippen LogP contribution in [0.25, 0.3) is 6.08 Å². The van der Waals surface area contributed by atoms with E-state index in [9.17, 15) is 9.59 Å². The number of amides is 1. The number of para-hydroxylation sites is 1. The zero-order valence-corrected chi connectivity index (χ0v) is 18.5. The number of carbonyl (C=O) groups is 2. The normalized spacial score (nSPS) is 16.1. The van der Waals surface area contributed by atoms with Crippen LogP contribution in [0, 0.1) is 0 Å². The number of ether oxygens (including phenoxy) is 3. The van der Waals surface area contributed by atoms with Gasteiger partial charge in [-0.1, -0.05) is 24.3 Å². The molecule has 1 amide bonds.